The predicted octanol–water partition coefficient (Wildman–Crippen LogP) is 5.02. The number of hydrogen-bond acceptors (Lipinski definition) is 4. The van der Waals surface area contributed by atoms with E-state index in [0.29, 0.717) is 12.3 Å². The fourth-order valence-corrected chi connectivity index (χ4v) is 3.25. The molecule has 0 radical (unpaired) electrons. The second-order valence-corrected chi connectivity index (χ2v) is 7.10. The Bertz CT molecular complexity index is 830. The van der Waals surface area contributed by atoms with Crippen LogP contribution in [0, 0.1) is 6.92 Å². The third-order valence-corrected chi connectivity index (χ3v) is 4.73. The second kappa shape index (κ2) is 7.19. The summed E-state index contributed by atoms with van der Waals surface area (Å²) in [7, 11) is 0. The van der Waals surface area contributed by atoms with Gasteiger partial charge >= 0.3 is 0 Å². The van der Waals surface area contributed by atoms with E-state index in [2.05, 4.69) is 26.2 Å². The number of nitrogens with zero attached hydrogens (tertiary/aromatic N) is 1. The Labute approximate surface area is 146 Å². The standard InChI is InChI=1S/C17H15BrN2O2S/c1-11-19-15-10-13(4-7-16(15)22-11)20-17(21)8-9-23-14-5-2-12(18)3-6-14/h2-7,10H,8-9H2,1H3,(H,20,21). The molecule has 1 aromatic heterocycles. The van der Waals surface area contributed by atoms with E-state index in [1.54, 1.807) is 18.7 Å². The van der Waals surface area contributed by atoms with Gasteiger partial charge in [0.1, 0.15) is 5.52 Å². The van der Waals surface area contributed by atoms with Crippen molar-refractivity contribution < 1.29 is 9.21 Å². The highest BCUT2D eigenvalue weighted by molar-refractivity contribution is 9.10. The summed E-state index contributed by atoms with van der Waals surface area (Å²) in [5.41, 5.74) is 2.22. The molecule has 6 heteroatoms. The van der Waals surface area contributed by atoms with E-state index in [1.165, 1.54) is 0 Å². The number of nitrogens with one attached hydrogen (secondary N) is 1. The number of anilines is 1. The van der Waals surface area contributed by atoms with Crippen LogP contribution in [0.5, 0.6) is 0 Å². The first-order valence-corrected chi connectivity index (χ1v) is 8.93. The van der Waals surface area contributed by atoms with Crippen molar-refractivity contribution in [1.82, 2.24) is 4.98 Å². The Morgan fingerprint density at radius 3 is 2.83 bits per heavy atom. The van der Waals surface area contributed by atoms with Crippen LogP contribution in [0.1, 0.15) is 12.3 Å². The van der Waals surface area contributed by atoms with Crippen molar-refractivity contribution in [3.63, 3.8) is 0 Å². The number of aromatic nitrogens is 1. The van der Waals surface area contributed by atoms with E-state index in [4.69, 9.17) is 4.42 Å². The first-order valence-electron chi connectivity index (χ1n) is 7.15. The minimum atomic E-state index is -0.00539. The number of rotatable bonds is 5. The summed E-state index contributed by atoms with van der Waals surface area (Å²) < 4.78 is 6.47. The number of benzene rings is 2. The Morgan fingerprint density at radius 2 is 2.04 bits per heavy atom. The largest absolute Gasteiger partial charge is 0.441 e. The maximum atomic E-state index is 12.0. The predicted molar refractivity (Wildman–Crippen MR) is 96.9 cm³/mol. The molecule has 3 aromatic rings. The molecule has 0 aliphatic rings. The van der Waals surface area contributed by atoms with Crippen LogP contribution in [-0.2, 0) is 4.79 Å². The number of hydrogen-bond donors (Lipinski definition) is 1. The van der Waals surface area contributed by atoms with Gasteiger partial charge in [-0.2, -0.15) is 0 Å². The van der Waals surface area contributed by atoms with Crippen LogP contribution < -0.4 is 5.32 Å². The Kier molecular flexibility index (Phi) is 5.03. The molecular formula is C17H15BrN2O2S. The molecule has 0 aliphatic carbocycles. The molecule has 23 heavy (non-hydrogen) atoms. The van der Waals surface area contributed by atoms with Crippen molar-refractivity contribution in [2.75, 3.05) is 11.1 Å². The zero-order chi connectivity index (χ0) is 16.2. The van der Waals surface area contributed by atoms with Crippen molar-refractivity contribution in [3.8, 4) is 0 Å². The zero-order valence-corrected chi connectivity index (χ0v) is 14.9. The van der Waals surface area contributed by atoms with Gasteiger partial charge in [-0.1, -0.05) is 15.9 Å². The average Bonchev–Trinajstić information content (AvgIpc) is 2.88. The number of oxazole rings is 1. The van der Waals surface area contributed by atoms with Crippen molar-refractivity contribution in [2.24, 2.45) is 0 Å². The minimum absolute atomic E-state index is 0.00539. The molecule has 1 N–H and O–H groups in total. The highest BCUT2D eigenvalue weighted by Crippen LogP contribution is 2.22. The van der Waals surface area contributed by atoms with E-state index in [1.807, 2.05) is 42.5 Å². The Hall–Kier alpha value is -1.79. The van der Waals surface area contributed by atoms with Gasteiger partial charge in [0, 0.05) is 34.2 Å². The monoisotopic (exact) mass is 390 g/mol. The number of fused-ring (bicyclic) bond motifs is 1. The molecule has 0 bridgehead atoms. The molecule has 0 saturated heterocycles. The number of carbonyl (C=O) groups excluding carboxylic acids is 1. The third kappa shape index (κ3) is 4.36. The molecular weight excluding hydrogens is 376 g/mol. The molecule has 0 atom stereocenters. The lowest BCUT2D eigenvalue weighted by molar-refractivity contribution is -0.115. The summed E-state index contributed by atoms with van der Waals surface area (Å²) in [6.45, 7) is 1.80. The molecule has 0 fully saturated rings. The van der Waals surface area contributed by atoms with Gasteiger partial charge in [-0.05, 0) is 42.5 Å². The fourth-order valence-electron chi connectivity index (χ4n) is 2.14. The summed E-state index contributed by atoms with van der Waals surface area (Å²) in [4.78, 5) is 17.4. The van der Waals surface area contributed by atoms with E-state index in [-0.39, 0.29) is 5.91 Å². The maximum Gasteiger partial charge on any atom is 0.225 e. The number of aryl methyl sites for hydroxylation is 1. The SMILES string of the molecule is Cc1nc2cc(NC(=O)CCSc3ccc(Br)cc3)ccc2o1. The van der Waals surface area contributed by atoms with Gasteiger partial charge in [-0.3, -0.25) is 4.79 Å². The molecule has 0 aliphatic heterocycles. The van der Waals surface area contributed by atoms with Gasteiger partial charge in [-0.15, -0.1) is 11.8 Å². The molecule has 0 spiro atoms. The van der Waals surface area contributed by atoms with E-state index in [9.17, 15) is 4.79 Å². The van der Waals surface area contributed by atoms with Gasteiger partial charge in [0.2, 0.25) is 5.91 Å². The zero-order valence-electron chi connectivity index (χ0n) is 12.5. The Morgan fingerprint density at radius 1 is 1.26 bits per heavy atom. The molecule has 2 aromatic carbocycles. The third-order valence-electron chi connectivity index (χ3n) is 3.19. The lowest BCUT2D eigenvalue weighted by atomic mass is 10.3. The average molecular weight is 391 g/mol. The normalized spacial score (nSPS) is 10.9. The van der Waals surface area contributed by atoms with Crippen LogP contribution in [0.2, 0.25) is 0 Å². The van der Waals surface area contributed by atoms with Gasteiger partial charge in [0.15, 0.2) is 11.5 Å². The fraction of sp³-hybridized carbons (Fsp3) is 0.176. The van der Waals surface area contributed by atoms with Crippen molar-refractivity contribution in [1.29, 1.82) is 0 Å². The van der Waals surface area contributed by atoms with Crippen LogP contribution >= 0.6 is 27.7 Å². The van der Waals surface area contributed by atoms with Gasteiger partial charge in [0.05, 0.1) is 0 Å². The van der Waals surface area contributed by atoms with Crippen LogP contribution in [0.3, 0.4) is 0 Å². The summed E-state index contributed by atoms with van der Waals surface area (Å²) in [5.74, 6) is 1.35. The van der Waals surface area contributed by atoms with Crippen LogP contribution in [0.15, 0.2) is 56.2 Å². The molecule has 0 saturated carbocycles. The minimum Gasteiger partial charge on any atom is -0.441 e. The highest BCUT2D eigenvalue weighted by Gasteiger charge is 2.06. The van der Waals surface area contributed by atoms with Gasteiger partial charge in [0.25, 0.3) is 0 Å². The van der Waals surface area contributed by atoms with Crippen molar-refractivity contribution >= 4 is 50.4 Å². The number of amides is 1. The van der Waals surface area contributed by atoms with Crippen LogP contribution in [0.4, 0.5) is 5.69 Å². The summed E-state index contributed by atoms with van der Waals surface area (Å²) >= 11 is 5.07. The summed E-state index contributed by atoms with van der Waals surface area (Å²) in [6.07, 6.45) is 0.455. The smallest absolute Gasteiger partial charge is 0.225 e. The molecule has 0 unspecified atom stereocenters. The number of thioether (sulfide) groups is 1. The van der Waals surface area contributed by atoms with E-state index < -0.39 is 0 Å². The quantitative estimate of drug-likeness (QED) is 0.621. The second-order valence-electron chi connectivity index (χ2n) is 5.02. The highest BCUT2D eigenvalue weighted by atomic mass is 79.9. The van der Waals surface area contributed by atoms with Crippen molar-refractivity contribution in [3.05, 3.63) is 52.8 Å². The summed E-state index contributed by atoms with van der Waals surface area (Å²) in [6, 6.07) is 13.5. The molecule has 118 valence electrons. The topological polar surface area (TPSA) is 55.1 Å². The van der Waals surface area contributed by atoms with Crippen LogP contribution in [0.25, 0.3) is 11.1 Å². The first kappa shape index (κ1) is 16.1. The molecule has 1 heterocycles. The summed E-state index contributed by atoms with van der Waals surface area (Å²) in [5, 5.41) is 2.90. The molecule has 4 nitrogen and oxygen atoms in total. The van der Waals surface area contributed by atoms with Gasteiger partial charge < -0.3 is 9.73 Å². The van der Waals surface area contributed by atoms with Gasteiger partial charge in [-0.25, -0.2) is 4.98 Å². The van der Waals surface area contributed by atoms with Crippen LogP contribution in [-0.4, -0.2) is 16.6 Å². The number of halogens is 1. The first-order chi connectivity index (χ1) is 11.1. The van der Waals surface area contributed by atoms with Crippen molar-refractivity contribution in [2.45, 2.75) is 18.2 Å². The Balaban J connectivity index is 1.52. The maximum absolute atomic E-state index is 12.0. The van der Waals surface area contributed by atoms with E-state index in [0.717, 1.165) is 31.9 Å². The molecule has 1 amide bonds. The lowest BCUT2D eigenvalue weighted by Gasteiger charge is -2.05. The van der Waals surface area contributed by atoms with E-state index >= 15 is 0 Å². The molecule has 3 rings (SSSR count). The number of carbonyl (C=O) groups is 1. The lowest BCUT2D eigenvalue weighted by Crippen LogP contribution is -2.12.